The zero-order chi connectivity index (χ0) is 16.0. The molecule has 2 aromatic rings. The fourth-order valence-electron chi connectivity index (χ4n) is 2.38. The van der Waals surface area contributed by atoms with Crippen molar-refractivity contribution in [3.63, 3.8) is 0 Å². The van der Waals surface area contributed by atoms with E-state index in [0.29, 0.717) is 5.69 Å². The quantitative estimate of drug-likeness (QED) is 0.698. The summed E-state index contributed by atoms with van der Waals surface area (Å²) in [6, 6.07) is 9.06. The molecule has 0 saturated carbocycles. The lowest BCUT2D eigenvalue weighted by Crippen LogP contribution is -2.18. The normalized spacial score (nSPS) is 13.2. The molecule has 1 heterocycles. The predicted octanol–water partition coefficient (Wildman–Crippen LogP) is 2.65. The molecule has 22 heavy (non-hydrogen) atoms. The molecule has 1 aromatic heterocycles. The van der Waals surface area contributed by atoms with Crippen LogP contribution in [-0.2, 0) is 9.84 Å². The van der Waals surface area contributed by atoms with Crippen molar-refractivity contribution in [1.29, 1.82) is 0 Å². The lowest BCUT2D eigenvalue weighted by molar-refractivity contribution is 0.515. The Morgan fingerprint density at radius 2 is 1.91 bits per heavy atom. The molecule has 0 saturated heterocycles. The van der Waals surface area contributed by atoms with Crippen LogP contribution in [-0.4, -0.2) is 34.4 Å². The van der Waals surface area contributed by atoms with E-state index in [9.17, 15) is 8.42 Å². The van der Waals surface area contributed by atoms with Crippen molar-refractivity contribution in [2.45, 2.75) is 44.7 Å². The fraction of sp³-hybridized carbons (Fsp3) is 0.533. The first-order valence-electron chi connectivity index (χ1n) is 7.61. The van der Waals surface area contributed by atoms with Crippen LogP contribution in [0.25, 0.3) is 5.69 Å². The maximum Gasteiger partial charge on any atom is 0.272 e. The van der Waals surface area contributed by atoms with E-state index in [1.54, 1.807) is 12.1 Å². The molecule has 0 aliphatic heterocycles. The number of sulfone groups is 1. The fourth-order valence-corrected chi connectivity index (χ4v) is 4.01. The zero-order valence-electron chi connectivity index (χ0n) is 13.0. The summed E-state index contributed by atoms with van der Waals surface area (Å²) in [5.41, 5.74) is 0.643. The van der Waals surface area contributed by atoms with Gasteiger partial charge in [0.25, 0.3) is 5.16 Å². The number of benzene rings is 1. The van der Waals surface area contributed by atoms with Crippen molar-refractivity contribution in [2.75, 3.05) is 5.75 Å². The Balaban J connectivity index is 2.16. The largest absolute Gasteiger partial charge is 0.272 e. The zero-order valence-corrected chi connectivity index (χ0v) is 13.8. The number of hydrogen-bond donors (Lipinski definition) is 0. The lowest BCUT2D eigenvalue weighted by atomic mass is 10.1. The van der Waals surface area contributed by atoms with Gasteiger partial charge in [-0.15, -0.1) is 0 Å². The highest BCUT2D eigenvalue weighted by molar-refractivity contribution is 7.91. The van der Waals surface area contributed by atoms with Crippen LogP contribution in [0.1, 0.15) is 39.5 Å². The van der Waals surface area contributed by atoms with Crippen molar-refractivity contribution in [2.24, 2.45) is 5.92 Å². The van der Waals surface area contributed by atoms with Gasteiger partial charge in [0.15, 0.2) is 0 Å². The van der Waals surface area contributed by atoms with E-state index < -0.39 is 9.84 Å². The molecule has 0 spiro atoms. The number of nitrogens with zero attached hydrogens (tertiary/aromatic N) is 4. The summed E-state index contributed by atoms with van der Waals surface area (Å²) in [4.78, 5) is 0. The minimum absolute atomic E-state index is 0.0733. The van der Waals surface area contributed by atoms with E-state index in [4.69, 9.17) is 0 Å². The Hall–Kier alpha value is -1.76. The minimum Gasteiger partial charge on any atom is -0.220 e. The average Bonchev–Trinajstić information content (AvgIpc) is 2.98. The lowest BCUT2D eigenvalue weighted by Gasteiger charge is -2.11. The summed E-state index contributed by atoms with van der Waals surface area (Å²) in [5, 5.41) is 11.0. The number of tetrazole rings is 1. The van der Waals surface area contributed by atoms with Crippen LogP contribution in [0.5, 0.6) is 0 Å². The molecule has 0 amide bonds. The molecule has 0 bridgehead atoms. The second kappa shape index (κ2) is 7.49. The summed E-state index contributed by atoms with van der Waals surface area (Å²) in [7, 11) is -3.51. The van der Waals surface area contributed by atoms with Crippen molar-refractivity contribution in [1.82, 2.24) is 20.2 Å². The second-order valence-electron chi connectivity index (χ2n) is 5.59. The van der Waals surface area contributed by atoms with Crippen LogP contribution in [0.15, 0.2) is 35.5 Å². The van der Waals surface area contributed by atoms with Gasteiger partial charge in [0.2, 0.25) is 9.84 Å². The van der Waals surface area contributed by atoms with Gasteiger partial charge < -0.3 is 0 Å². The van der Waals surface area contributed by atoms with Crippen LogP contribution < -0.4 is 0 Å². The number of unbranched alkanes of at least 4 members (excludes halogenated alkanes) is 2. The van der Waals surface area contributed by atoms with E-state index in [1.807, 2.05) is 25.1 Å². The summed E-state index contributed by atoms with van der Waals surface area (Å²) in [5.74, 6) is 0.168. The highest BCUT2D eigenvalue weighted by Gasteiger charge is 2.25. The third-order valence-electron chi connectivity index (χ3n) is 3.52. The first-order valence-corrected chi connectivity index (χ1v) is 9.26. The maximum absolute atomic E-state index is 12.6. The molecular weight excluding hydrogens is 300 g/mol. The van der Waals surface area contributed by atoms with Crippen molar-refractivity contribution in [3.05, 3.63) is 30.3 Å². The number of para-hydroxylation sites is 1. The van der Waals surface area contributed by atoms with Gasteiger partial charge in [0.1, 0.15) is 0 Å². The van der Waals surface area contributed by atoms with Gasteiger partial charge in [-0.25, -0.2) is 8.42 Å². The first kappa shape index (κ1) is 16.6. The van der Waals surface area contributed by atoms with Gasteiger partial charge in [-0.2, -0.15) is 4.68 Å². The molecule has 0 aliphatic carbocycles. The van der Waals surface area contributed by atoms with Crippen molar-refractivity contribution in [3.8, 4) is 5.69 Å². The Labute approximate surface area is 131 Å². The van der Waals surface area contributed by atoms with Crippen molar-refractivity contribution >= 4 is 9.84 Å². The minimum atomic E-state index is -3.51. The number of rotatable bonds is 8. The van der Waals surface area contributed by atoms with E-state index in [1.165, 1.54) is 4.68 Å². The van der Waals surface area contributed by atoms with E-state index in [2.05, 4.69) is 22.4 Å². The molecule has 1 atom stereocenters. The molecule has 0 unspecified atom stereocenters. The summed E-state index contributed by atoms with van der Waals surface area (Å²) in [6.45, 7) is 4.10. The third-order valence-corrected chi connectivity index (χ3v) is 5.34. The van der Waals surface area contributed by atoms with Gasteiger partial charge in [-0.3, -0.25) is 0 Å². The van der Waals surface area contributed by atoms with Gasteiger partial charge >= 0.3 is 0 Å². The molecule has 2 rings (SSSR count). The number of hydrogen-bond acceptors (Lipinski definition) is 5. The van der Waals surface area contributed by atoms with E-state index >= 15 is 0 Å². The van der Waals surface area contributed by atoms with Crippen LogP contribution in [0.4, 0.5) is 0 Å². The molecule has 6 nitrogen and oxygen atoms in total. The van der Waals surface area contributed by atoms with Gasteiger partial charge in [-0.1, -0.05) is 56.4 Å². The summed E-state index contributed by atoms with van der Waals surface area (Å²) in [6.07, 6.45) is 4.22. The topological polar surface area (TPSA) is 77.7 Å². The Morgan fingerprint density at radius 3 is 2.59 bits per heavy atom. The van der Waals surface area contributed by atoms with Crippen LogP contribution in [0, 0.1) is 5.92 Å². The predicted molar refractivity (Wildman–Crippen MR) is 84.5 cm³/mol. The molecule has 0 radical (unpaired) electrons. The second-order valence-corrected chi connectivity index (χ2v) is 7.52. The summed E-state index contributed by atoms with van der Waals surface area (Å²) >= 11 is 0. The molecule has 0 fully saturated rings. The van der Waals surface area contributed by atoms with Crippen LogP contribution in [0.3, 0.4) is 0 Å². The molecule has 0 aliphatic rings. The van der Waals surface area contributed by atoms with Gasteiger partial charge in [-0.05, 0) is 34.9 Å². The summed E-state index contributed by atoms with van der Waals surface area (Å²) < 4.78 is 26.4. The number of aromatic nitrogens is 4. The van der Waals surface area contributed by atoms with E-state index in [0.717, 1.165) is 25.7 Å². The van der Waals surface area contributed by atoms with Crippen LogP contribution >= 0.6 is 0 Å². The highest BCUT2D eigenvalue weighted by atomic mass is 32.2. The molecule has 0 N–H and O–H groups in total. The smallest absolute Gasteiger partial charge is 0.220 e. The van der Waals surface area contributed by atoms with Crippen LogP contribution in [0.2, 0.25) is 0 Å². The molecule has 7 heteroatoms. The highest BCUT2D eigenvalue weighted by Crippen LogP contribution is 2.18. The Bertz CT molecular complexity index is 683. The van der Waals surface area contributed by atoms with E-state index in [-0.39, 0.29) is 16.8 Å². The average molecular weight is 322 g/mol. The standard InChI is InChI=1S/C15H22N4O2S/c1-3-4-6-9-13(2)12-22(20,21)15-16-17-18-19(15)14-10-7-5-8-11-14/h5,7-8,10-11,13H,3-4,6,9,12H2,1-2H3/t13-/m0/s1. The maximum atomic E-state index is 12.6. The van der Waals surface area contributed by atoms with Crippen molar-refractivity contribution < 1.29 is 8.42 Å². The third kappa shape index (κ3) is 4.13. The monoisotopic (exact) mass is 322 g/mol. The Kier molecular flexibility index (Phi) is 5.65. The molecular formula is C15H22N4O2S. The Morgan fingerprint density at radius 1 is 1.18 bits per heavy atom. The molecule has 1 aromatic carbocycles. The van der Waals surface area contributed by atoms with Gasteiger partial charge in [0, 0.05) is 0 Å². The first-order chi connectivity index (χ1) is 10.5. The van der Waals surface area contributed by atoms with Gasteiger partial charge in [0.05, 0.1) is 11.4 Å². The SMILES string of the molecule is CCCCC[C@H](C)CS(=O)(=O)c1nnnn1-c1ccccc1. The molecule has 120 valence electrons.